The highest BCUT2D eigenvalue weighted by Gasteiger charge is 2.26. The summed E-state index contributed by atoms with van der Waals surface area (Å²) in [4.78, 5) is 4.10. The third kappa shape index (κ3) is 2.97. The van der Waals surface area contributed by atoms with Gasteiger partial charge in [-0.2, -0.15) is 5.10 Å². The maximum absolute atomic E-state index is 6.44. The molecule has 122 valence electrons. The van der Waals surface area contributed by atoms with Gasteiger partial charge >= 0.3 is 0 Å². The van der Waals surface area contributed by atoms with Gasteiger partial charge in [0.15, 0.2) is 0 Å². The fourth-order valence-electron chi connectivity index (χ4n) is 3.60. The number of benzene rings is 1. The highest BCUT2D eigenvalue weighted by Crippen LogP contribution is 2.32. The molecule has 0 spiro atoms. The van der Waals surface area contributed by atoms with Crippen molar-refractivity contribution < 1.29 is 0 Å². The molecule has 0 fully saturated rings. The Bertz CT molecular complexity index is 808. The largest absolute Gasteiger partial charge is 0.324 e. The summed E-state index contributed by atoms with van der Waals surface area (Å²) in [6.45, 7) is 0.784. The predicted octanol–water partition coefficient (Wildman–Crippen LogP) is 3.25. The van der Waals surface area contributed by atoms with E-state index in [0.717, 1.165) is 37.9 Å². The van der Waals surface area contributed by atoms with Gasteiger partial charge in [-0.05, 0) is 42.5 Å². The molecule has 4 nitrogen and oxygen atoms in total. The average molecular weight is 318 g/mol. The van der Waals surface area contributed by atoms with Gasteiger partial charge in [0, 0.05) is 36.1 Å². The van der Waals surface area contributed by atoms with E-state index >= 15 is 0 Å². The molecule has 3 aromatic rings. The van der Waals surface area contributed by atoms with E-state index in [1.165, 1.54) is 22.4 Å². The van der Waals surface area contributed by atoms with Gasteiger partial charge in [-0.3, -0.25) is 9.67 Å². The number of pyridine rings is 1. The van der Waals surface area contributed by atoms with Crippen LogP contribution in [-0.2, 0) is 19.4 Å². The second kappa shape index (κ2) is 6.57. The first kappa shape index (κ1) is 15.1. The first-order valence-electron chi connectivity index (χ1n) is 8.58. The van der Waals surface area contributed by atoms with E-state index in [1.807, 2.05) is 30.6 Å². The molecule has 2 N–H and O–H groups in total. The van der Waals surface area contributed by atoms with Crippen LogP contribution in [0.4, 0.5) is 0 Å². The van der Waals surface area contributed by atoms with E-state index in [2.05, 4.69) is 33.9 Å². The highest BCUT2D eigenvalue weighted by atomic mass is 15.3. The molecule has 4 heteroatoms. The zero-order valence-corrected chi connectivity index (χ0v) is 13.7. The van der Waals surface area contributed by atoms with Gasteiger partial charge in [-0.25, -0.2) is 0 Å². The van der Waals surface area contributed by atoms with Crippen LogP contribution in [0.2, 0.25) is 0 Å². The van der Waals surface area contributed by atoms with Crippen LogP contribution in [0.3, 0.4) is 0 Å². The van der Waals surface area contributed by atoms with Gasteiger partial charge in [0.25, 0.3) is 0 Å². The molecule has 4 rings (SSSR count). The topological polar surface area (TPSA) is 56.7 Å². The summed E-state index contributed by atoms with van der Waals surface area (Å²) in [5.41, 5.74) is 12.7. The Kier molecular flexibility index (Phi) is 4.13. The molecule has 1 aromatic carbocycles. The van der Waals surface area contributed by atoms with Crippen molar-refractivity contribution in [1.82, 2.24) is 14.8 Å². The van der Waals surface area contributed by atoms with Crippen molar-refractivity contribution in [2.24, 2.45) is 5.73 Å². The molecule has 1 aliphatic rings. The molecule has 2 heterocycles. The highest BCUT2D eigenvalue weighted by molar-refractivity contribution is 5.36. The van der Waals surface area contributed by atoms with E-state index in [-0.39, 0.29) is 6.04 Å². The molecular weight excluding hydrogens is 296 g/mol. The van der Waals surface area contributed by atoms with Gasteiger partial charge in [0.05, 0.1) is 12.2 Å². The molecule has 2 aromatic heterocycles. The van der Waals surface area contributed by atoms with E-state index in [0.29, 0.717) is 0 Å². The lowest BCUT2D eigenvalue weighted by Crippen LogP contribution is -2.19. The number of nitrogens with zero attached hydrogens (tertiary/aromatic N) is 3. The molecule has 0 aliphatic heterocycles. The quantitative estimate of drug-likeness (QED) is 0.803. The first-order valence-corrected chi connectivity index (χ1v) is 8.58. The van der Waals surface area contributed by atoms with Crippen LogP contribution in [0.25, 0.3) is 0 Å². The fraction of sp³-hybridized carbons (Fsp3) is 0.300. The number of aromatic nitrogens is 3. The van der Waals surface area contributed by atoms with Crippen molar-refractivity contribution in [2.75, 3.05) is 0 Å². The second-order valence-corrected chi connectivity index (χ2v) is 6.48. The van der Waals surface area contributed by atoms with Crippen LogP contribution in [0.1, 0.15) is 47.0 Å². The third-order valence-corrected chi connectivity index (χ3v) is 4.77. The molecule has 0 bridgehead atoms. The Labute approximate surface area is 142 Å². The summed E-state index contributed by atoms with van der Waals surface area (Å²) < 4.78 is 2.15. The molecule has 1 unspecified atom stereocenters. The van der Waals surface area contributed by atoms with Crippen molar-refractivity contribution in [2.45, 2.75) is 38.3 Å². The van der Waals surface area contributed by atoms with Gasteiger partial charge < -0.3 is 5.73 Å². The number of hydrogen-bond acceptors (Lipinski definition) is 3. The van der Waals surface area contributed by atoms with Crippen molar-refractivity contribution >= 4 is 0 Å². The Morgan fingerprint density at radius 1 is 1.04 bits per heavy atom. The summed E-state index contributed by atoms with van der Waals surface area (Å²) in [6, 6.07) is 14.7. The molecule has 24 heavy (non-hydrogen) atoms. The van der Waals surface area contributed by atoms with Crippen LogP contribution in [0.15, 0.2) is 54.9 Å². The Morgan fingerprint density at radius 3 is 2.62 bits per heavy atom. The fourth-order valence-corrected chi connectivity index (χ4v) is 3.60. The molecule has 0 radical (unpaired) electrons. The van der Waals surface area contributed by atoms with E-state index in [1.54, 1.807) is 0 Å². The normalized spacial score (nSPS) is 16.8. The molecule has 0 saturated heterocycles. The summed E-state index contributed by atoms with van der Waals surface area (Å²) in [7, 11) is 0. The van der Waals surface area contributed by atoms with Crippen LogP contribution >= 0.6 is 0 Å². The Morgan fingerprint density at radius 2 is 1.83 bits per heavy atom. The lowest BCUT2D eigenvalue weighted by molar-refractivity contribution is 0.537. The summed E-state index contributed by atoms with van der Waals surface area (Å²) in [6.07, 6.45) is 7.77. The van der Waals surface area contributed by atoms with E-state index in [4.69, 9.17) is 10.8 Å². The van der Waals surface area contributed by atoms with Gasteiger partial charge in [-0.15, -0.1) is 0 Å². The van der Waals surface area contributed by atoms with E-state index in [9.17, 15) is 0 Å². The monoisotopic (exact) mass is 318 g/mol. The third-order valence-electron chi connectivity index (χ3n) is 4.77. The molecule has 1 atom stereocenters. The number of hydrogen-bond donors (Lipinski definition) is 1. The number of rotatable bonds is 4. The Balaban J connectivity index is 1.71. The summed E-state index contributed by atoms with van der Waals surface area (Å²) in [5.74, 6) is 0. The van der Waals surface area contributed by atoms with Crippen LogP contribution in [0, 0.1) is 0 Å². The molecule has 0 saturated carbocycles. The SMILES string of the molecule is NC1CCCc2c1c(Cc1ccccc1)nn2Cc1ccncc1. The zero-order valence-electron chi connectivity index (χ0n) is 13.7. The summed E-state index contributed by atoms with van der Waals surface area (Å²) >= 11 is 0. The lowest BCUT2D eigenvalue weighted by Gasteiger charge is -2.20. The van der Waals surface area contributed by atoms with Gasteiger partial charge in [-0.1, -0.05) is 30.3 Å². The van der Waals surface area contributed by atoms with E-state index < -0.39 is 0 Å². The average Bonchev–Trinajstić information content (AvgIpc) is 2.95. The number of fused-ring (bicyclic) bond motifs is 1. The Hall–Kier alpha value is -2.46. The van der Waals surface area contributed by atoms with Crippen LogP contribution in [0.5, 0.6) is 0 Å². The zero-order chi connectivity index (χ0) is 16.4. The van der Waals surface area contributed by atoms with Crippen molar-refractivity contribution in [3.63, 3.8) is 0 Å². The minimum Gasteiger partial charge on any atom is -0.324 e. The van der Waals surface area contributed by atoms with Crippen LogP contribution in [-0.4, -0.2) is 14.8 Å². The van der Waals surface area contributed by atoms with Crippen molar-refractivity contribution in [3.05, 3.63) is 82.9 Å². The summed E-state index contributed by atoms with van der Waals surface area (Å²) in [5, 5.41) is 4.95. The van der Waals surface area contributed by atoms with Gasteiger partial charge in [0.1, 0.15) is 0 Å². The molecular formula is C20H22N4. The number of nitrogens with two attached hydrogens (primary N) is 1. The predicted molar refractivity (Wildman–Crippen MR) is 94.7 cm³/mol. The molecule has 0 amide bonds. The lowest BCUT2D eigenvalue weighted by atomic mass is 9.90. The minimum atomic E-state index is 0.110. The van der Waals surface area contributed by atoms with Gasteiger partial charge in [0.2, 0.25) is 0 Å². The van der Waals surface area contributed by atoms with Crippen LogP contribution < -0.4 is 5.73 Å². The minimum absolute atomic E-state index is 0.110. The second-order valence-electron chi connectivity index (χ2n) is 6.48. The van der Waals surface area contributed by atoms with Crippen molar-refractivity contribution in [3.8, 4) is 0 Å². The maximum Gasteiger partial charge on any atom is 0.0719 e. The first-order chi connectivity index (χ1) is 11.8. The maximum atomic E-state index is 6.44. The van der Waals surface area contributed by atoms with Crippen molar-refractivity contribution in [1.29, 1.82) is 0 Å². The smallest absolute Gasteiger partial charge is 0.0719 e. The molecule has 1 aliphatic carbocycles. The standard InChI is InChI=1S/C20H22N4/c21-17-7-4-8-19-20(17)18(13-15-5-2-1-3-6-15)23-24(19)14-16-9-11-22-12-10-16/h1-3,5-6,9-12,17H,4,7-8,13-14,21H2.